The number of nitrogens with zero attached hydrogens (tertiary/aromatic N) is 3. The first-order chi connectivity index (χ1) is 9.69. The number of nitro groups is 1. The summed E-state index contributed by atoms with van der Waals surface area (Å²) in [5.74, 6) is 1.28. The summed E-state index contributed by atoms with van der Waals surface area (Å²) in [5.41, 5.74) is 0.663. The maximum Gasteiger partial charge on any atom is 0.275 e. The van der Waals surface area contributed by atoms with Crippen molar-refractivity contribution in [2.75, 3.05) is 19.0 Å². The number of anilines is 1. The number of benzene rings is 1. The van der Waals surface area contributed by atoms with Crippen molar-refractivity contribution in [2.45, 2.75) is 12.8 Å². The van der Waals surface area contributed by atoms with Crippen LogP contribution in [0.1, 0.15) is 12.2 Å². The number of non-ortho nitro benzene ring substituents is 1. The van der Waals surface area contributed by atoms with Crippen LogP contribution in [0.15, 0.2) is 24.5 Å². The molecule has 0 unspecified atom stereocenters. The summed E-state index contributed by atoms with van der Waals surface area (Å²) in [6.07, 6.45) is 3.06. The van der Waals surface area contributed by atoms with Crippen molar-refractivity contribution in [3.8, 4) is 5.75 Å². The minimum absolute atomic E-state index is 0.00193. The number of aromatic amines is 1. The van der Waals surface area contributed by atoms with Crippen LogP contribution in [0.2, 0.25) is 0 Å². The van der Waals surface area contributed by atoms with Crippen molar-refractivity contribution in [1.29, 1.82) is 0 Å². The molecule has 2 rings (SSSR count). The van der Waals surface area contributed by atoms with Gasteiger partial charge in [0, 0.05) is 30.8 Å². The lowest BCUT2D eigenvalue weighted by Crippen LogP contribution is -2.04. The molecule has 0 saturated heterocycles. The highest BCUT2D eigenvalue weighted by Crippen LogP contribution is 2.25. The number of H-pyrrole nitrogens is 1. The Labute approximate surface area is 115 Å². The van der Waals surface area contributed by atoms with Crippen LogP contribution in [0, 0.1) is 10.1 Å². The first kappa shape index (κ1) is 13.8. The monoisotopic (exact) mass is 277 g/mol. The minimum atomic E-state index is -0.442. The molecule has 0 aliphatic rings. The number of methoxy groups -OCH3 is 1. The van der Waals surface area contributed by atoms with E-state index in [2.05, 4.69) is 20.5 Å². The first-order valence-corrected chi connectivity index (χ1v) is 6.10. The molecule has 1 aromatic heterocycles. The number of aryl methyl sites for hydroxylation is 1. The molecule has 106 valence electrons. The molecule has 0 fully saturated rings. The van der Waals surface area contributed by atoms with E-state index >= 15 is 0 Å². The molecule has 0 aliphatic heterocycles. The van der Waals surface area contributed by atoms with E-state index in [9.17, 15) is 10.1 Å². The molecule has 0 amide bonds. The lowest BCUT2D eigenvalue weighted by atomic mass is 10.2. The van der Waals surface area contributed by atoms with Gasteiger partial charge in [0.1, 0.15) is 17.9 Å². The van der Waals surface area contributed by atoms with Gasteiger partial charge in [-0.05, 0) is 6.42 Å². The molecule has 1 heterocycles. The zero-order valence-electron chi connectivity index (χ0n) is 11.0. The second-order valence-corrected chi connectivity index (χ2v) is 4.14. The SMILES string of the molecule is COc1cc(NCCCc2ncn[nH]2)cc([N+](=O)[O-])c1. The van der Waals surface area contributed by atoms with E-state index in [1.54, 1.807) is 6.07 Å². The summed E-state index contributed by atoms with van der Waals surface area (Å²) in [6, 6.07) is 4.60. The number of nitrogens with one attached hydrogen (secondary N) is 2. The Morgan fingerprint density at radius 2 is 2.30 bits per heavy atom. The van der Waals surface area contributed by atoms with Crippen molar-refractivity contribution in [3.05, 3.63) is 40.5 Å². The largest absolute Gasteiger partial charge is 0.496 e. The van der Waals surface area contributed by atoms with E-state index in [0.717, 1.165) is 18.7 Å². The van der Waals surface area contributed by atoms with Crippen molar-refractivity contribution < 1.29 is 9.66 Å². The van der Waals surface area contributed by atoms with Crippen LogP contribution >= 0.6 is 0 Å². The van der Waals surface area contributed by atoms with Gasteiger partial charge in [-0.2, -0.15) is 5.10 Å². The van der Waals surface area contributed by atoms with Crippen LogP contribution in [0.4, 0.5) is 11.4 Å². The van der Waals surface area contributed by atoms with Gasteiger partial charge in [-0.15, -0.1) is 0 Å². The molecule has 1 aromatic carbocycles. The second kappa shape index (κ2) is 6.50. The molecule has 0 spiro atoms. The summed E-state index contributed by atoms with van der Waals surface area (Å²) >= 11 is 0. The van der Waals surface area contributed by atoms with E-state index in [-0.39, 0.29) is 5.69 Å². The number of hydrogen-bond acceptors (Lipinski definition) is 6. The van der Waals surface area contributed by atoms with Gasteiger partial charge in [0.2, 0.25) is 0 Å². The van der Waals surface area contributed by atoms with Gasteiger partial charge in [-0.1, -0.05) is 0 Å². The molecule has 8 heteroatoms. The maximum absolute atomic E-state index is 10.8. The highest BCUT2D eigenvalue weighted by atomic mass is 16.6. The van der Waals surface area contributed by atoms with Crippen LogP contribution in [-0.2, 0) is 6.42 Å². The van der Waals surface area contributed by atoms with Crippen molar-refractivity contribution in [1.82, 2.24) is 15.2 Å². The Hall–Kier alpha value is -2.64. The lowest BCUT2D eigenvalue weighted by molar-refractivity contribution is -0.384. The summed E-state index contributed by atoms with van der Waals surface area (Å²) in [5, 5.41) is 20.5. The topological polar surface area (TPSA) is 106 Å². The molecule has 2 N–H and O–H groups in total. The first-order valence-electron chi connectivity index (χ1n) is 6.10. The van der Waals surface area contributed by atoms with Gasteiger partial charge >= 0.3 is 0 Å². The van der Waals surface area contributed by atoms with Gasteiger partial charge < -0.3 is 10.1 Å². The Morgan fingerprint density at radius 3 is 2.95 bits per heavy atom. The molecular weight excluding hydrogens is 262 g/mol. The van der Waals surface area contributed by atoms with E-state index in [1.807, 2.05) is 0 Å². The van der Waals surface area contributed by atoms with Gasteiger partial charge in [0.15, 0.2) is 0 Å². The Bertz CT molecular complexity index is 570. The Kier molecular flexibility index (Phi) is 4.48. The lowest BCUT2D eigenvalue weighted by Gasteiger charge is -2.07. The van der Waals surface area contributed by atoms with E-state index in [1.165, 1.54) is 25.6 Å². The van der Waals surface area contributed by atoms with Crippen LogP contribution < -0.4 is 10.1 Å². The number of nitro benzene ring substituents is 1. The third-order valence-corrected chi connectivity index (χ3v) is 2.72. The van der Waals surface area contributed by atoms with Crippen molar-refractivity contribution in [2.24, 2.45) is 0 Å². The standard InChI is InChI=1S/C12H15N5O3/c1-20-11-6-9(5-10(7-11)17(18)19)13-4-2-3-12-14-8-15-16-12/h5-8,13H,2-4H2,1H3,(H,14,15,16). The molecule has 0 aliphatic carbocycles. The molecular formula is C12H15N5O3. The van der Waals surface area contributed by atoms with Gasteiger partial charge in [0.05, 0.1) is 18.1 Å². The van der Waals surface area contributed by atoms with Crippen molar-refractivity contribution in [3.63, 3.8) is 0 Å². The highest BCUT2D eigenvalue weighted by Gasteiger charge is 2.09. The number of ether oxygens (including phenoxy) is 1. The number of hydrogen-bond donors (Lipinski definition) is 2. The third kappa shape index (κ3) is 3.67. The van der Waals surface area contributed by atoms with Gasteiger partial charge in [-0.3, -0.25) is 15.2 Å². The zero-order valence-corrected chi connectivity index (χ0v) is 11.0. The van der Waals surface area contributed by atoms with E-state index in [4.69, 9.17) is 4.74 Å². The normalized spacial score (nSPS) is 10.2. The third-order valence-electron chi connectivity index (χ3n) is 2.72. The average Bonchev–Trinajstić information content (AvgIpc) is 2.96. The maximum atomic E-state index is 10.8. The smallest absolute Gasteiger partial charge is 0.275 e. The second-order valence-electron chi connectivity index (χ2n) is 4.14. The molecule has 0 saturated carbocycles. The van der Waals surface area contributed by atoms with Gasteiger partial charge in [0.25, 0.3) is 5.69 Å². The Morgan fingerprint density at radius 1 is 1.45 bits per heavy atom. The molecule has 0 radical (unpaired) electrons. The zero-order chi connectivity index (χ0) is 14.4. The van der Waals surface area contributed by atoms with Crippen LogP contribution in [0.5, 0.6) is 5.75 Å². The molecule has 20 heavy (non-hydrogen) atoms. The van der Waals surface area contributed by atoms with E-state index < -0.39 is 4.92 Å². The summed E-state index contributed by atoms with van der Waals surface area (Å²) < 4.78 is 5.04. The Balaban J connectivity index is 1.91. The fourth-order valence-corrected chi connectivity index (χ4v) is 1.75. The molecule has 0 atom stereocenters. The quantitative estimate of drug-likeness (QED) is 0.454. The summed E-state index contributed by atoms with van der Waals surface area (Å²) in [7, 11) is 1.48. The predicted molar refractivity (Wildman–Crippen MR) is 72.8 cm³/mol. The van der Waals surface area contributed by atoms with Crippen LogP contribution in [0.3, 0.4) is 0 Å². The summed E-state index contributed by atoms with van der Waals surface area (Å²) in [4.78, 5) is 14.4. The average molecular weight is 277 g/mol. The fraction of sp³-hybridized carbons (Fsp3) is 0.333. The molecule has 8 nitrogen and oxygen atoms in total. The minimum Gasteiger partial charge on any atom is -0.496 e. The number of aromatic nitrogens is 3. The van der Waals surface area contributed by atoms with Crippen LogP contribution in [0.25, 0.3) is 0 Å². The number of rotatable bonds is 7. The molecule has 0 bridgehead atoms. The van der Waals surface area contributed by atoms with Crippen molar-refractivity contribution >= 4 is 11.4 Å². The molecule has 2 aromatic rings. The van der Waals surface area contributed by atoms with Crippen LogP contribution in [-0.4, -0.2) is 33.8 Å². The van der Waals surface area contributed by atoms with Gasteiger partial charge in [-0.25, -0.2) is 4.98 Å². The fourth-order valence-electron chi connectivity index (χ4n) is 1.75. The van der Waals surface area contributed by atoms with E-state index in [0.29, 0.717) is 18.0 Å². The summed E-state index contributed by atoms with van der Waals surface area (Å²) in [6.45, 7) is 0.672. The predicted octanol–water partition coefficient (Wildman–Crippen LogP) is 1.77. The highest BCUT2D eigenvalue weighted by molar-refractivity contribution is 5.56.